The summed E-state index contributed by atoms with van der Waals surface area (Å²) < 4.78 is 5.11. The van der Waals surface area contributed by atoms with Crippen molar-refractivity contribution in [1.29, 1.82) is 0 Å². The van der Waals surface area contributed by atoms with Gasteiger partial charge in [0.05, 0.1) is 5.69 Å². The minimum Gasteiger partial charge on any atom is -0.443 e. The first-order chi connectivity index (χ1) is 9.81. The van der Waals surface area contributed by atoms with Crippen LogP contribution < -0.4 is 5.01 Å². The van der Waals surface area contributed by atoms with E-state index in [-0.39, 0.29) is 6.61 Å². The molecule has 0 N–H and O–H groups in total. The molecule has 0 atom stereocenters. The maximum absolute atomic E-state index is 11.9. The fourth-order valence-electron chi connectivity index (χ4n) is 1.59. The van der Waals surface area contributed by atoms with E-state index in [2.05, 4.69) is 5.10 Å². The summed E-state index contributed by atoms with van der Waals surface area (Å²) in [4.78, 5) is 22.4. The number of hydrogen-bond acceptors (Lipinski definition) is 4. The van der Waals surface area contributed by atoms with Gasteiger partial charge in [0.1, 0.15) is 6.61 Å². The number of anilines is 1. The second kappa shape index (κ2) is 6.87. The Balaban J connectivity index is 2.07. The van der Waals surface area contributed by atoms with E-state index >= 15 is 0 Å². The van der Waals surface area contributed by atoms with Crippen LogP contribution >= 0.6 is 0 Å². The molecule has 0 unspecified atom stereocenters. The van der Waals surface area contributed by atoms with Crippen LogP contribution in [0.4, 0.5) is 10.5 Å². The Bertz CT molecular complexity index is 608. The second-order valence-corrected chi connectivity index (χ2v) is 3.88. The normalized spacial score (nSPS) is 9.40. The molecule has 0 fully saturated rings. The number of isocyanates is 1. The first-order valence-electron chi connectivity index (χ1n) is 5.95. The molecule has 20 heavy (non-hydrogen) atoms. The first kappa shape index (κ1) is 13.5. The van der Waals surface area contributed by atoms with E-state index in [9.17, 15) is 9.59 Å². The summed E-state index contributed by atoms with van der Waals surface area (Å²) in [6.07, 6.45) is 0.612. The van der Waals surface area contributed by atoms with Gasteiger partial charge in [0.2, 0.25) is 0 Å². The van der Waals surface area contributed by atoms with Crippen molar-refractivity contribution < 1.29 is 14.3 Å². The Kier molecular flexibility index (Phi) is 4.65. The van der Waals surface area contributed by atoms with E-state index in [1.807, 2.05) is 30.3 Å². The highest BCUT2D eigenvalue weighted by molar-refractivity contribution is 5.87. The van der Waals surface area contributed by atoms with Crippen LogP contribution in [0.15, 0.2) is 65.8 Å². The molecular weight excluding hydrogens is 256 g/mol. The fraction of sp³-hybridized carbons (Fsp3) is 0.0667. The molecule has 0 aliphatic carbocycles. The quantitative estimate of drug-likeness (QED) is 0.486. The summed E-state index contributed by atoms with van der Waals surface area (Å²) in [6, 6.07) is 17.8. The highest BCUT2D eigenvalue weighted by atomic mass is 16.6. The van der Waals surface area contributed by atoms with Gasteiger partial charge >= 0.3 is 6.09 Å². The highest BCUT2D eigenvalue weighted by Gasteiger charge is 2.16. The van der Waals surface area contributed by atoms with E-state index in [0.717, 1.165) is 10.6 Å². The third kappa shape index (κ3) is 3.54. The number of para-hydroxylation sites is 1. The number of ether oxygens (including phenoxy) is 1. The summed E-state index contributed by atoms with van der Waals surface area (Å²) in [5.41, 5.74) is 1.29. The van der Waals surface area contributed by atoms with Gasteiger partial charge in [-0.05, 0) is 17.7 Å². The molecule has 0 saturated carbocycles. The summed E-state index contributed by atoms with van der Waals surface area (Å²) in [7, 11) is 0. The third-order valence-corrected chi connectivity index (χ3v) is 2.52. The average Bonchev–Trinajstić information content (AvgIpc) is 2.52. The highest BCUT2D eigenvalue weighted by Crippen LogP contribution is 2.15. The molecule has 2 aromatic carbocycles. The molecule has 0 saturated heterocycles. The molecule has 0 bridgehead atoms. The predicted molar refractivity (Wildman–Crippen MR) is 73.7 cm³/mol. The molecule has 1 amide bonds. The fourth-order valence-corrected chi connectivity index (χ4v) is 1.59. The van der Waals surface area contributed by atoms with Crippen molar-refractivity contribution in [3.8, 4) is 0 Å². The number of amides is 1. The van der Waals surface area contributed by atoms with Crippen molar-refractivity contribution in [3.05, 3.63) is 66.2 Å². The van der Waals surface area contributed by atoms with Gasteiger partial charge in [-0.2, -0.15) is 5.01 Å². The van der Waals surface area contributed by atoms with E-state index in [4.69, 9.17) is 4.74 Å². The SMILES string of the molecule is O=C=NN(C(=O)OCc1ccccc1)c1ccccc1. The van der Waals surface area contributed by atoms with Crippen LogP contribution in [-0.4, -0.2) is 12.2 Å². The van der Waals surface area contributed by atoms with E-state index in [1.165, 1.54) is 6.08 Å². The molecule has 0 aliphatic heterocycles. The molecule has 5 heteroatoms. The Morgan fingerprint density at radius 3 is 2.25 bits per heavy atom. The maximum atomic E-state index is 11.9. The lowest BCUT2D eigenvalue weighted by Gasteiger charge is -2.14. The molecule has 0 aromatic heterocycles. The van der Waals surface area contributed by atoms with Crippen molar-refractivity contribution >= 4 is 17.9 Å². The Morgan fingerprint density at radius 1 is 1.05 bits per heavy atom. The Labute approximate surface area is 116 Å². The van der Waals surface area contributed by atoms with Crippen molar-refractivity contribution in [3.63, 3.8) is 0 Å². The minimum atomic E-state index is -0.733. The van der Waals surface area contributed by atoms with Crippen LogP contribution in [0.2, 0.25) is 0 Å². The number of carbonyl (C=O) groups excluding carboxylic acids is 2. The molecular formula is C15H12N2O3. The Hall–Kier alpha value is -2.91. The number of rotatable bonds is 4. The molecule has 2 aromatic rings. The van der Waals surface area contributed by atoms with Gasteiger partial charge in [-0.3, -0.25) is 0 Å². The summed E-state index contributed by atoms with van der Waals surface area (Å²) in [6.45, 7) is 0.109. The molecule has 2 rings (SSSR count). The Morgan fingerprint density at radius 2 is 1.65 bits per heavy atom. The van der Waals surface area contributed by atoms with Crippen LogP contribution in [0.3, 0.4) is 0 Å². The van der Waals surface area contributed by atoms with Crippen molar-refractivity contribution in [1.82, 2.24) is 0 Å². The van der Waals surface area contributed by atoms with E-state index in [1.54, 1.807) is 30.3 Å². The van der Waals surface area contributed by atoms with Gasteiger partial charge in [0.15, 0.2) is 0 Å². The van der Waals surface area contributed by atoms with Gasteiger partial charge < -0.3 is 4.74 Å². The zero-order chi connectivity index (χ0) is 14.2. The van der Waals surface area contributed by atoms with E-state index < -0.39 is 6.09 Å². The van der Waals surface area contributed by atoms with Gasteiger partial charge in [-0.15, -0.1) is 0 Å². The minimum absolute atomic E-state index is 0.109. The number of nitrogens with zero attached hydrogens (tertiary/aromatic N) is 2. The molecule has 5 nitrogen and oxygen atoms in total. The smallest absolute Gasteiger partial charge is 0.436 e. The van der Waals surface area contributed by atoms with E-state index in [0.29, 0.717) is 5.69 Å². The van der Waals surface area contributed by atoms with Gasteiger partial charge in [-0.25, -0.2) is 9.59 Å². The molecule has 0 spiro atoms. The van der Waals surface area contributed by atoms with Crippen molar-refractivity contribution in [2.45, 2.75) is 6.61 Å². The van der Waals surface area contributed by atoms with Crippen molar-refractivity contribution in [2.75, 3.05) is 5.01 Å². The number of carbonyl (C=O) groups is 1. The largest absolute Gasteiger partial charge is 0.443 e. The molecule has 0 aliphatic rings. The number of benzene rings is 2. The third-order valence-electron chi connectivity index (χ3n) is 2.52. The monoisotopic (exact) mass is 268 g/mol. The summed E-state index contributed by atoms with van der Waals surface area (Å²) in [5, 5.41) is 4.23. The lowest BCUT2D eigenvalue weighted by molar-refractivity contribution is 0.147. The zero-order valence-corrected chi connectivity index (χ0v) is 10.6. The van der Waals surface area contributed by atoms with Crippen LogP contribution in [0.25, 0.3) is 0 Å². The first-order valence-corrected chi connectivity index (χ1v) is 5.95. The standard InChI is InChI=1S/C15H12N2O3/c18-12-16-17(14-9-5-2-6-10-14)15(19)20-11-13-7-3-1-4-8-13/h1-10H,11H2. The number of hydrazone groups is 1. The summed E-state index contributed by atoms with van der Waals surface area (Å²) in [5.74, 6) is 0. The molecule has 100 valence electrons. The summed E-state index contributed by atoms with van der Waals surface area (Å²) >= 11 is 0. The predicted octanol–water partition coefficient (Wildman–Crippen LogP) is 3.08. The van der Waals surface area contributed by atoms with Crippen LogP contribution in [-0.2, 0) is 16.1 Å². The average molecular weight is 268 g/mol. The van der Waals surface area contributed by atoms with Gasteiger partial charge in [-0.1, -0.05) is 53.6 Å². The van der Waals surface area contributed by atoms with Gasteiger partial charge in [0, 0.05) is 0 Å². The topological polar surface area (TPSA) is 59.0 Å². The molecule has 0 radical (unpaired) electrons. The maximum Gasteiger partial charge on any atom is 0.436 e. The van der Waals surface area contributed by atoms with Crippen molar-refractivity contribution in [2.24, 2.45) is 5.10 Å². The lowest BCUT2D eigenvalue weighted by atomic mass is 10.2. The van der Waals surface area contributed by atoms with Crippen LogP contribution in [0, 0.1) is 0 Å². The van der Waals surface area contributed by atoms with Gasteiger partial charge in [0.25, 0.3) is 6.08 Å². The van der Waals surface area contributed by atoms with Crippen LogP contribution in [0.1, 0.15) is 5.56 Å². The number of hydrogen-bond donors (Lipinski definition) is 0. The van der Waals surface area contributed by atoms with Crippen LogP contribution in [0.5, 0.6) is 0 Å². The second-order valence-electron chi connectivity index (χ2n) is 3.88. The lowest BCUT2D eigenvalue weighted by Crippen LogP contribution is -2.25. The zero-order valence-electron chi connectivity index (χ0n) is 10.6. The molecule has 0 heterocycles.